The summed E-state index contributed by atoms with van der Waals surface area (Å²) < 4.78 is 0. The Kier molecular flexibility index (Phi) is 8.01. The Morgan fingerprint density at radius 3 is 2.26 bits per heavy atom. The molecular weight excluding hydrogens is 360 g/mol. The number of imide groups is 1. The predicted octanol–water partition coefficient (Wildman–Crippen LogP) is 2.44. The van der Waals surface area contributed by atoms with Crippen LogP contribution in [0.25, 0.3) is 0 Å². The van der Waals surface area contributed by atoms with Gasteiger partial charge in [0.1, 0.15) is 5.54 Å². The van der Waals surface area contributed by atoms with E-state index in [4.69, 9.17) is 0 Å². The summed E-state index contributed by atoms with van der Waals surface area (Å²) in [5, 5.41) is 0. The molecule has 2 saturated heterocycles. The van der Waals surface area contributed by atoms with Gasteiger partial charge in [0.15, 0.2) is 0 Å². The molecule has 2 rings (SSSR count). The lowest BCUT2D eigenvalue weighted by Crippen LogP contribution is -2.58. The van der Waals surface area contributed by atoms with Crippen LogP contribution in [0.1, 0.15) is 40.0 Å². The zero-order valence-electron chi connectivity index (χ0n) is 18.0. The molecule has 1 spiro atoms. The minimum Gasteiger partial charge on any atom is -0.309 e. The van der Waals surface area contributed by atoms with Crippen molar-refractivity contribution in [2.45, 2.75) is 51.6 Å². The second kappa shape index (κ2) is 9.61. The minimum absolute atomic E-state index is 0.0373. The summed E-state index contributed by atoms with van der Waals surface area (Å²) in [5.74, 6) is 1.66. The largest absolute Gasteiger partial charge is 0.327 e. The Morgan fingerprint density at radius 2 is 1.74 bits per heavy atom. The van der Waals surface area contributed by atoms with E-state index in [-0.39, 0.29) is 11.9 Å². The van der Waals surface area contributed by atoms with Gasteiger partial charge in [-0.2, -0.15) is 11.8 Å². The molecule has 0 radical (unpaired) electrons. The number of urea groups is 1. The Hall–Kier alpha value is -0.790. The molecule has 0 aromatic rings. The van der Waals surface area contributed by atoms with E-state index in [0.717, 1.165) is 38.1 Å². The van der Waals surface area contributed by atoms with Gasteiger partial charge in [-0.25, -0.2) is 4.79 Å². The fraction of sp³-hybridized carbons (Fsp3) is 0.900. The van der Waals surface area contributed by atoms with E-state index < -0.39 is 5.54 Å². The number of carbonyl (C=O) groups is 2. The number of likely N-dealkylation sites (N-methyl/N-ethyl adjacent to an activating group) is 1. The number of hydrogen-bond acceptors (Lipinski definition) is 5. The summed E-state index contributed by atoms with van der Waals surface area (Å²) in [6, 6.07) is 0.437. The third-order valence-corrected chi connectivity index (χ3v) is 6.79. The van der Waals surface area contributed by atoms with Gasteiger partial charge in [-0.1, -0.05) is 13.8 Å². The number of likely N-dealkylation sites (tertiary alicyclic amines) is 1. The zero-order valence-corrected chi connectivity index (χ0v) is 18.8. The van der Waals surface area contributed by atoms with Gasteiger partial charge in [0.05, 0.1) is 0 Å². The molecule has 7 heteroatoms. The fourth-order valence-electron chi connectivity index (χ4n) is 4.14. The highest BCUT2D eigenvalue weighted by atomic mass is 32.2. The van der Waals surface area contributed by atoms with Crippen molar-refractivity contribution in [2.75, 3.05) is 58.8 Å². The van der Waals surface area contributed by atoms with E-state index in [0.29, 0.717) is 31.6 Å². The van der Waals surface area contributed by atoms with Crippen LogP contribution in [0, 0.1) is 5.92 Å². The first kappa shape index (κ1) is 22.5. The van der Waals surface area contributed by atoms with E-state index in [1.54, 1.807) is 0 Å². The van der Waals surface area contributed by atoms with Crippen molar-refractivity contribution in [3.05, 3.63) is 0 Å². The molecule has 0 saturated carbocycles. The second-order valence-electron chi connectivity index (χ2n) is 8.75. The van der Waals surface area contributed by atoms with Crippen LogP contribution in [-0.4, -0.2) is 102 Å². The molecule has 2 aliphatic rings. The molecule has 0 aromatic carbocycles. The number of rotatable bonds is 9. The van der Waals surface area contributed by atoms with Gasteiger partial charge in [0.25, 0.3) is 5.91 Å². The van der Waals surface area contributed by atoms with Gasteiger partial charge in [-0.05, 0) is 52.5 Å². The predicted molar refractivity (Wildman–Crippen MR) is 113 cm³/mol. The van der Waals surface area contributed by atoms with E-state index in [1.807, 2.05) is 35.7 Å². The first-order valence-electron chi connectivity index (χ1n) is 10.2. The maximum Gasteiger partial charge on any atom is 0.327 e. The fourth-order valence-corrected chi connectivity index (χ4v) is 4.83. The normalized spacial score (nSPS) is 21.9. The van der Waals surface area contributed by atoms with E-state index in [2.05, 4.69) is 31.9 Å². The Morgan fingerprint density at radius 1 is 1.11 bits per heavy atom. The number of hydrogen-bond donors (Lipinski definition) is 0. The van der Waals surface area contributed by atoms with Crippen LogP contribution in [0.4, 0.5) is 4.79 Å². The molecule has 6 nitrogen and oxygen atoms in total. The van der Waals surface area contributed by atoms with Gasteiger partial charge >= 0.3 is 6.03 Å². The van der Waals surface area contributed by atoms with Gasteiger partial charge in [-0.15, -0.1) is 0 Å². The number of carbonyl (C=O) groups excluding carboxylic acids is 2. The molecule has 3 amide bonds. The van der Waals surface area contributed by atoms with Crippen molar-refractivity contribution in [2.24, 2.45) is 5.92 Å². The molecule has 0 bridgehead atoms. The average molecular weight is 399 g/mol. The van der Waals surface area contributed by atoms with Crippen molar-refractivity contribution in [3.63, 3.8) is 0 Å². The van der Waals surface area contributed by atoms with Crippen LogP contribution >= 0.6 is 11.8 Å². The molecule has 156 valence electrons. The van der Waals surface area contributed by atoms with Gasteiger partial charge < -0.3 is 9.80 Å². The van der Waals surface area contributed by atoms with Crippen LogP contribution in [-0.2, 0) is 4.79 Å². The van der Waals surface area contributed by atoms with Crippen LogP contribution in [0.5, 0.6) is 0 Å². The molecule has 2 aliphatic heterocycles. The number of amides is 3. The summed E-state index contributed by atoms with van der Waals surface area (Å²) in [5.41, 5.74) is -0.617. The maximum absolute atomic E-state index is 13.4. The topological polar surface area (TPSA) is 47.1 Å². The highest BCUT2D eigenvalue weighted by Crippen LogP contribution is 2.38. The zero-order chi connectivity index (χ0) is 20.2. The van der Waals surface area contributed by atoms with E-state index in [1.165, 1.54) is 4.90 Å². The van der Waals surface area contributed by atoms with Crippen LogP contribution in [0.15, 0.2) is 0 Å². The molecule has 0 unspecified atom stereocenters. The number of piperidine rings is 1. The molecule has 1 atom stereocenters. The minimum atomic E-state index is -0.617. The summed E-state index contributed by atoms with van der Waals surface area (Å²) in [7, 11) is 3.95. The molecular formula is C20H38N4O2S. The summed E-state index contributed by atoms with van der Waals surface area (Å²) >= 11 is 1.86. The highest BCUT2D eigenvalue weighted by Gasteiger charge is 2.57. The van der Waals surface area contributed by atoms with Crippen LogP contribution < -0.4 is 0 Å². The van der Waals surface area contributed by atoms with Gasteiger partial charge in [0.2, 0.25) is 0 Å². The van der Waals surface area contributed by atoms with Crippen molar-refractivity contribution < 1.29 is 9.59 Å². The van der Waals surface area contributed by atoms with Crippen LogP contribution in [0.2, 0.25) is 0 Å². The van der Waals surface area contributed by atoms with E-state index >= 15 is 0 Å². The second-order valence-corrected chi connectivity index (χ2v) is 9.66. The summed E-state index contributed by atoms with van der Waals surface area (Å²) in [6.07, 6.45) is 4.59. The Labute approximate surface area is 169 Å². The lowest BCUT2D eigenvalue weighted by Gasteiger charge is -2.44. The monoisotopic (exact) mass is 398 g/mol. The Bertz CT molecular complexity index is 518. The van der Waals surface area contributed by atoms with Crippen molar-refractivity contribution >= 4 is 23.7 Å². The molecule has 2 heterocycles. The summed E-state index contributed by atoms with van der Waals surface area (Å²) in [4.78, 5) is 34.4. The smallest absolute Gasteiger partial charge is 0.309 e. The highest BCUT2D eigenvalue weighted by molar-refractivity contribution is 7.98. The van der Waals surface area contributed by atoms with E-state index in [9.17, 15) is 9.59 Å². The van der Waals surface area contributed by atoms with Crippen molar-refractivity contribution in [1.29, 1.82) is 0 Å². The van der Waals surface area contributed by atoms with Crippen LogP contribution in [0.3, 0.4) is 0 Å². The molecule has 27 heavy (non-hydrogen) atoms. The first-order valence-corrected chi connectivity index (χ1v) is 11.6. The molecule has 0 aliphatic carbocycles. The summed E-state index contributed by atoms with van der Waals surface area (Å²) in [6.45, 7) is 10.3. The average Bonchev–Trinajstić information content (AvgIpc) is 2.79. The van der Waals surface area contributed by atoms with Gasteiger partial charge in [-0.3, -0.25) is 14.6 Å². The first-order chi connectivity index (χ1) is 12.7. The quantitative estimate of drug-likeness (QED) is 0.558. The van der Waals surface area contributed by atoms with Crippen molar-refractivity contribution in [1.82, 2.24) is 19.6 Å². The SMILES string of the molecule is CSC[C@@H](C)N1CCC2(CC1)C(=O)N(CCN(C)C)C(=O)N2CCC(C)C. The molecule has 0 aromatic heterocycles. The number of nitrogens with zero attached hydrogens (tertiary/aromatic N) is 4. The van der Waals surface area contributed by atoms with Gasteiger partial charge in [0, 0.05) is 44.5 Å². The van der Waals surface area contributed by atoms with Crippen molar-refractivity contribution in [3.8, 4) is 0 Å². The number of thioether (sulfide) groups is 1. The molecule has 2 fully saturated rings. The standard InChI is InChI=1S/C20H38N4O2S/c1-16(2)7-10-24-19(26)23(14-13-21(4)5)18(25)20(24)8-11-22(12-9-20)17(3)15-27-6/h16-17H,7-15H2,1-6H3/t17-/m1/s1. The lowest BCUT2D eigenvalue weighted by atomic mass is 9.85. The molecule has 0 N–H and O–H groups in total. The Balaban J connectivity index is 2.17. The maximum atomic E-state index is 13.4. The third kappa shape index (κ3) is 4.98. The lowest BCUT2D eigenvalue weighted by molar-refractivity contribution is -0.136. The third-order valence-electron chi connectivity index (χ3n) is 5.98.